The second-order valence-electron chi connectivity index (χ2n) is 13.7. The van der Waals surface area contributed by atoms with E-state index in [0.717, 1.165) is 35.7 Å². The van der Waals surface area contributed by atoms with Gasteiger partial charge in [-0.25, -0.2) is 28.9 Å². The molecule has 2 saturated heterocycles. The standard InChI is InChI=1S/C19H19N3O4.C14H10ClN3O2.C5H10O2/c1-12-16-15(26-11-19(2)9-25-10-19)8-14(18(23)24)20-17(16)22(21-12)13-6-4-3-5-7-13;1-8-12-10(15)7-11(14(19)20)16-13(12)18(17-8)9-5-3-2-4-6-9;1-5(2-6)3-7-4-5/h3-8H,9-11H2,1-2H3,(H,23,24);2-7H,1H3,(H,19,20);6H,2-4H2,1H3. The van der Waals surface area contributed by atoms with Gasteiger partial charge in [0.25, 0.3) is 0 Å². The number of nitrogens with zero attached hydrogens (tertiary/aromatic N) is 6. The van der Waals surface area contributed by atoms with E-state index in [4.69, 9.17) is 36.0 Å². The summed E-state index contributed by atoms with van der Waals surface area (Å²) in [5, 5.41) is 37.8. The van der Waals surface area contributed by atoms with Crippen molar-refractivity contribution < 1.29 is 39.1 Å². The number of carboxylic acid groups (broad SMARTS) is 2. The number of ether oxygens (including phenoxy) is 3. The summed E-state index contributed by atoms with van der Waals surface area (Å²) in [7, 11) is 0. The molecule has 2 aliphatic heterocycles. The summed E-state index contributed by atoms with van der Waals surface area (Å²) in [6.07, 6.45) is 0. The van der Waals surface area contributed by atoms with Crippen molar-refractivity contribution in [2.45, 2.75) is 27.7 Å². The number of aromatic carboxylic acids is 2. The van der Waals surface area contributed by atoms with Gasteiger partial charge in [-0.3, -0.25) is 0 Å². The van der Waals surface area contributed by atoms with E-state index in [0.29, 0.717) is 53.0 Å². The molecule has 14 nitrogen and oxygen atoms in total. The molecule has 15 heteroatoms. The Morgan fingerprint density at radius 1 is 0.755 bits per heavy atom. The van der Waals surface area contributed by atoms with E-state index in [1.165, 1.54) is 12.1 Å². The maximum Gasteiger partial charge on any atom is 0.354 e. The Hall–Kier alpha value is -5.41. The monoisotopic (exact) mass is 742 g/mol. The number of aliphatic hydroxyl groups excluding tert-OH is 1. The maximum absolute atomic E-state index is 11.6. The van der Waals surface area contributed by atoms with Gasteiger partial charge in [-0.2, -0.15) is 10.2 Å². The van der Waals surface area contributed by atoms with Crippen LogP contribution in [-0.2, 0) is 9.47 Å². The molecule has 2 aliphatic rings. The topological polar surface area (TPSA) is 184 Å². The summed E-state index contributed by atoms with van der Waals surface area (Å²) in [6, 6.07) is 21.7. The van der Waals surface area contributed by atoms with Gasteiger partial charge in [0.2, 0.25) is 0 Å². The first kappa shape index (κ1) is 37.4. The van der Waals surface area contributed by atoms with Crippen LogP contribution in [0.4, 0.5) is 0 Å². The first-order valence-corrected chi connectivity index (χ1v) is 17.1. The molecule has 2 fully saturated rings. The van der Waals surface area contributed by atoms with E-state index in [1.807, 2.05) is 81.4 Å². The normalized spacial score (nSPS) is 15.3. The number of hydrogen-bond acceptors (Lipinski definition) is 10. The molecular formula is C38H39ClN6O8. The molecule has 0 atom stereocenters. The van der Waals surface area contributed by atoms with Crippen molar-refractivity contribution in [1.82, 2.24) is 29.5 Å². The number of fused-ring (bicyclic) bond motifs is 2. The summed E-state index contributed by atoms with van der Waals surface area (Å²) in [6.45, 7) is 11.2. The Bertz CT molecular complexity index is 2260. The Kier molecular flexibility index (Phi) is 10.8. The summed E-state index contributed by atoms with van der Waals surface area (Å²) in [5.74, 6) is -1.74. The quantitative estimate of drug-likeness (QED) is 0.167. The molecule has 6 aromatic rings. The SMILES string of the molecule is CC1(CO)COC1.Cc1nn(-c2ccccc2)c2nc(C(=O)O)cc(Cl)c12.Cc1nn(-c2ccccc2)c2nc(C(=O)O)cc(OCC3(C)COC3)c12. The van der Waals surface area contributed by atoms with E-state index in [2.05, 4.69) is 27.1 Å². The van der Waals surface area contributed by atoms with Gasteiger partial charge >= 0.3 is 11.9 Å². The fraction of sp³-hybridized carbons (Fsp3) is 0.316. The highest BCUT2D eigenvalue weighted by atomic mass is 35.5. The molecule has 276 valence electrons. The Morgan fingerprint density at radius 3 is 1.62 bits per heavy atom. The highest BCUT2D eigenvalue weighted by Crippen LogP contribution is 2.34. The van der Waals surface area contributed by atoms with Crippen LogP contribution in [0.25, 0.3) is 33.4 Å². The summed E-state index contributed by atoms with van der Waals surface area (Å²) < 4.78 is 19.4. The number of pyridine rings is 2. The van der Waals surface area contributed by atoms with Crippen molar-refractivity contribution in [2.24, 2.45) is 10.8 Å². The number of benzene rings is 2. The lowest BCUT2D eigenvalue weighted by Gasteiger charge is -2.37. The maximum atomic E-state index is 11.6. The molecule has 2 aromatic carbocycles. The zero-order valence-corrected chi connectivity index (χ0v) is 30.4. The number of aromatic nitrogens is 6. The molecule has 0 amide bonds. The van der Waals surface area contributed by atoms with Gasteiger partial charge in [-0.05, 0) is 44.2 Å². The zero-order chi connectivity index (χ0) is 37.9. The third kappa shape index (κ3) is 8.00. The van der Waals surface area contributed by atoms with Gasteiger partial charge in [-0.15, -0.1) is 0 Å². The molecule has 6 heterocycles. The number of aryl methyl sites for hydroxylation is 2. The van der Waals surface area contributed by atoms with Gasteiger partial charge in [0.05, 0.1) is 78.2 Å². The minimum atomic E-state index is -1.12. The molecule has 53 heavy (non-hydrogen) atoms. The molecule has 0 spiro atoms. The number of halogens is 1. The van der Waals surface area contributed by atoms with Gasteiger partial charge in [0.1, 0.15) is 5.75 Å². The number of hydrogen-bond donors (Lipinski definition) is 3. The largest absolute Gasteiger partial charge is 0.492 e. The number of aliphatic hydroxyl groups is 1. The third-order valence-corrected chi connectivity index (χ3v) is 9.04. The lowest BCUT2D eigenvalue weighted by Crippen LogP contribution is -2.44. The summed E-state index contributed by atoms with van der Waals surface area (Å²) in [4.78, 5) is 31.1. The molecular weight excluding hydrogens is 704 g/mol. The first-order valence-electron chi connectivity index (χ1n) is 16.7. The molecule has 3 N–H and O–H groups in total. The Morgan fingerprint density at radius 2 is 1.21 bits per heavy atom. The van der Waals surface area contributed by atoms with Crippen LogP contribution in [0, 0.1) is 24.7 Å². The molecule has 0 radical (unpaired) electrons. The molecule has 8 rings (SSSR count). The second-order valence-corrected chi connectivity index (χ2v) is 14.1. The van der Waals surface area contributed by atoms with E-state index in [1.54, 1.807) is 9.36 Å². The predicted octanol–water partition coefficient (Wildman–Crippen LogP) is 5.94. The van der Waals surface area contributed by atoms with Gasteiger partial charge < -0.3 is 29.5 Å². The Balaban J connectivity index is 0.000000157. The third-order valence-electron chi connectivity index (χ3n) is 8.74. The summed E-state index contributed by atoms with van der Waals surface area (Å²) >= 11 is 6.16. The minimum absolute atomic E-state index is 0.0533. The lowest BCUT2D eigenvalue weighted by atomic mass is 9.90. The van der Waals surface area contributed by atoms with Crippen molar-refractivity contribution in [1.29, 1.82) is 0 Å². The van der Waals surface area contributed by atoms with Crippen molar-refractivity contribution >= 4 is 45.6 Å². The summed E-state index contributed by atoms with van der Waals surface area (Å²) in [5.41, 5.74) is 3.85. The highest BCUT2D eigenvalue weighted by Gasteiger charge is 2.35. The lowest BCUT2D eigenvalue weighted by molar-refractivity contribution is -0.125. The number of para-hydroxylation sites is 2. The van der Waals surface area contributed by atoms with Crippen LogP contribution in [-0.4, -0.2) is 96.4 Å². The smallest absolute Gasteiger partial charge is 0.354 e. The zero-order valence-electron chi connectivity index (χ0n) is 29.6. The van der Waals surface area contributed by atoms with Crippen molar-refractivity contribution in [3.05, 3.63) is 101 Å². The van der Waals surface area contributed by atoms with Gasteiger partial charge in [-0.1, -0.05) is 61.8 Å². The number of carboxylic acids is 2. The average molecular weight is 743 g/mol. The van der Waals surface area contributed by atoms with Crippen LogP contribution >= 0.6 is 11.6 Å². The van der Waals surface area contributed by atoms with Crippen LogP contribution in [0.15, 0.2) is 72.8 Å². The van der Waals surface area contributed by atoms with Gasteiger partial charge in [0, 0.05) is 16.9 Å². The molecule has 0 saturated carbocycles. The fourth-order valence-electron chi connectivity index (χ4n) is 5.65. The second kappa shape index (κ2) is 15.3. The Labute approximate surface area is 309 Å². The molecule has 0 aliphatic carbocycles. The molecule has 0 bridgehead atoms. The highest BCUT2D eigenvalue weighted by molar-refractivity contribution is 6.35. The van der Waals surface area contributed by atoms with Crippen molar-refractivity contribution in [3.8, 4) is 17.1 Å². The van der Waals surface area contributed by atoms with Crippen LogP contribution in [0.2, 0.25) is 5.02 Å². The van der Waals surface area contributed by atoms with Gasteiger partial charge in [0.15, 0.2) is 22.7 Å². The average Bonchev–Trinajstić information content (AvgIpc) is 3.66. The minimum Gasteiger partial charge on any atom is -0.492 e. The van der Waals surface area contributed by atoms with Crippen LogP contribution in [0.3, 0.4) is 0 Å². The van der Waals surface area contributed by atoms with E-state index >= 15 is 0 Å². The van der Waals surface area contributed by atoms with Crippen LogP contribution < -0.4 is 4.74 Å². The number of carbonyl (C=O) groups is 2. The van der Waals surface area contributed by atoms with Crippen LogP contribution in [0.5, 0.6) is 5.75 Å². The predicted molar refractivity (Wildman–Crippen MR) is 197 cm³/mol. The van der Waals surface area contributed by atoms with E-state index in [9.17, 15) is 14.7 Å². The first-order chi connectivity index (χ1) is 25.3. The van der Waals surface area contributed by atoms with E-state index < -0.39 is 11.9 Å². The fourth-order valence-corrected chi connectivity index (χ4v) is 5.97. The van der Waals surface area contributed by atoms with Crippen molar-refractivity contribution in [3.63, 3.8) is 0 Å². The van der Waals surface area contributed by atoms with E-state index in [-0.39, 0.29) is 28.8 Å². The number of rotatable bonds is 8. The molecule has 0 unspecified atom stereocenters. The van der Waals surface area contributed by atoms with Crippen molar-refractivity contribution in [2.75, 3.05) is 39.6 Å². The van der Waals surface area contributed by atoms with Crippen LogP contribution in [0.1, 0.15) is 46.2 Å². The molecule has 4 aromatic heterocycles.